The molecule has 5 nitrogen and oxygen atoms in total. The van der Waals surface area contributed by atoms with Crippen molar-refractivity contribution >= 4 is 65.6 Å². The van der Waals surface area contributed by atoms with Crippen molar-refractivity contribution in [1.29, 1.82) is 0 Å². The third-order valence-corrected chi connectivity index (χ3v) is 10.3. The van der Waals surface area contributed by atoms with Gasteiger partial charge in [-0.25, -0.2) is 0 Å². The molecule has 5 heterocycles. The average molecular weight is 653 g/mol. The summed E-state index contributed by atoms with van der Waals surface area (Å²) in [5.41, 5.74) is 12.6. The van der Waals surface area contributed by atoms with Gasteiger partial charge in [-0.2, -0.15) is 0 Å². The molecule has 0 unspecified atom stereocenters. The van der Waals surface area contributed by atoms with E-state index in [0.29, 0.717) is 0 Å². The Balaban J connectivity index is 1.10. The highest BCUT2D eigenvalue weighted by Gasteiger charge is 2.20. The SMILES string of the molecule is c1ccc(-n2c3ccccc3c3cc(-c4cncc5c4oc4cncc(-c6ccc7c(c6)c6ccccc6n7-c6ccccc6)c45)ccc32)cc1. The predicted octanol–water partition coefficient (Wildman–Crippen LogP) is 11.9. The number of fused-ring (bicyclic) bond motifs is 9. The second kappa shape index (κ2) is 10.8. The van der Waals surface area contributed by atoms with E-state index < -0.39 is 0 Å². The zero-order valence-electron chi connectivity index (χ0n) is 27.4. The minimum absolute atomic E-state index is 0.741. The second-order valence-electron chi connectivity index (χ2n) is 13.1. The number of nitrogens with zero attached hydrogens (tertiary/aromatic N) is 4. The number of pyridine rings is 2. The fourth-order valence-electron chi connectivity index (χ4n) is 8.06. The van der Waals surface area contributed by atoms with Crippen LogP contribution in [0.4, 0.5) is 0 Å². The van der Waals surface area contributed by atoms with Crippen molar-refractivity contribution in [3.8, 4) is 33.6 Å². The Morgan fingerprint density at radius 2 is 0.882 bits per heavy atom. The van der Waals surface area contributed by atoms with Crippen LogP contribution in [-0.2, 0) is 0 Å². The Bertz CT molecular complexity index is 3130. The molecule has 0 aliphatic rings. The standard InChI is InChI=1S/C46H28N4O/c1-3-11-31(12-4-1)49-40-17-9-7-15-33(40)35-23-29(19-21-42(35)49)37-25-48-28-44-45(37)39-27-47-26-38(46(39)51-44)30-20-22-43-36(24-30)34-16-8-10-18-41(34)50(43)32-13-5-2-6-14-32/h1-28H. The highest BCUT2D eigenvalue weighted by molar-refractivity contribution is 6.17. The van der Waals surface area contributed by atoms with E-state index in [-0.39, 0.29) is 0 Å². The van der Waals surface area contributed by atoms with Gasteiger partial charge >= 0.3 is 0 Å². The summed E-state index contributed by atoms with van der Waals surface area (Å²) >= 11 is 0. The molecular formula is C46H28N4O. The van der Waals surface area contributed by atoms with Crippen LogP contribution >= 0.6 is 0 Å². The van der Waals surface area contributed by atoms with Crippen LogP contribution in [0.15, 0.2) is 175 Å². The minimum Gasteiger partial charge on any atom is -0.454 e. The molecule has 0 fully saturated rings. The van der Waals surface area contributed by atoms with Crippen LogP contribution in [0.1, 0.15) is 0 Å². The number of hydrogen-bond donors (Lipinski definition) is 0. The molecule has 11 rings (SSSR count). The maximum Gasteiger partial charge on any atom is 0.154 e. The van der Waals surface area contributed by atoms with E-state index in [1.54, 1.807) is 0 Å². The summed E-state index contributed by atoms with van der Waals surface area (Å²) in [5, 5.41) is 6.78. The average Bonchev–Trinajstić information content (AvgIpc) is 3.86. The molecule has 0 atom stereocenters. The molecule has 0 saturated heterocycles. The fourth-order valence-corrected chi connectivity index (χ4v) is 8.06. The maximum absolute atomic E-state index is 6.68. The normalized spacial score (nSPS) is 11.9. The molecule has 0 bridgehead atoms. The Kier molecular flexibility index (Phi) is 5.89. The summed E-state index contributed by atoms with van der Waals surface area (Å²) < 4.78 is 11.4. The van der Waals surface area contributed by atoms with Crippen molar-refractivity contribution in [3.63, 3.8) is 0 Å². The van der Waals surface area contributed by atoms with Gasteiger partial charge in [0.25, 0.3) is 0 Å². The Labute approximate surface area is 292 Å². The van der Waals surface area contributed by atoms with E-state index in [2.05, 4.69) is 160 Å². The van der Waals surface area contributed by atoms with Gasteiger partial charge in [-0.05, 0) is 71.8 Å². The van der Waals surface area contributed by atoms with Gasteiger partial charge < -0.3 is 13.6 Å². The van der Waals surface area contributed by atoms with Crippen LogP contribution in [-0.4, -0.2) is 19.1 Å². The number of hydrogen-bond acceptors (Lipinski definition) is 3. The Hall–Kier alpha value is -6.98. The summed E-state index contributed by atoms with van der Waals surface area (Å²) in [6.07, 6.45) is 7.61. The maximum atomic E-state index is 6.68. The number of para-hydroxylation sites is 4. The van der Waals surface area contributed by atoms with Crippen molar-refractivity contribution in [3.05, 3.63) is 170 Å². The smallest absolute Gasteiger partial charge is 0.154 e. The molecule has 0 spiro atoms. The lowest BCUT2D eigenvalue weighted by atomic mass is 9.98. The second-order valence-corrected chi connectivity index (χ2v) is 13.1. The number of rotatable bonds is 4. The highest BCUT2D eigenvalue weighted by atomic mass is 16.3. The van der Waals surface area contributed by atoms with Gasteiger partial charge in [0.05, 0.1) is 28.3 Å². The van der Waals surface area contributed by atoms with E-state index in [9.17, 15) is 0 Å². The van der Waals surface area contributed by atoms with Crippen LogP contribution in [0, 0.1) is 0 Å². The van der Waals surface area contributed by atoms with E-state index >= 15 is 0 Å². The van der Waals surface area contributed by atoms with E-state index in [1.165, 1.54) is 32.6 Å². The van der Waals surface area contributed by atoms with Crippen LogP contribution in [0.3, 0.4) is 0 Å². The molecule has 0 saturated carbocycles. The zero-order chi connectivity index (χ0) is 33.5. The van der Waals surface area contributed by atoms with E-state index in [1.807, 2.05) is 24.8 Å². The molecule has 0 amide bonds. The van der Waals surface area contributed by atoms with Crippen LogP contribution < -0.4 is 0 Å². The van der Waals surface area contributed by atoms with Crippen molar-refractivity contribution in [1.82, 2.24) is 19.1 Å². The van der Waals surface area contributed by atoms with Gasteiger partial charge in [-0.15, -0.1) is 0 Å². The molecular weight excluding hydrogens is 625 g/mol. The Morgan fingerprint density at radius 3 is 1.49 bits per heavy atom. The molecule has 51 heavy (non-hydrogen) atoms. The highest BCUT2D eigenvalue weighted by Crippen LogP contribution is 2.42. The first kappa shape index (κ1) is 27.9. The van der Waals surface area contributed by atoms with E-state index in [4.69, 9.17) is 9.40 Å². The summed E-state index contributed by atoms with van der Waals surface area (Å²) in [5.74, 6) is 0. The van der Waals surface area contributed by atoms with Gasteiger partial charge in [0.2, 0.25) is 0 Å². The predicted molar refractivity (Wildman–Crippen MR) is 209 cm³/mol. The molecule has 0 radical (unpaired) electrons. The number of benzene rings is 6. The summed E-state index contributed by atoms with van der Waals surface area (Å²) in [4.78, 5) is 9.45. The molecule has 6 aromatic carbocycles. The van der Waals surface area contributed by atoms with Crippen molar-refractivity contribution in [2.75, 3.05) is 0 Å². The van der Waals surface area contributed by atoms with Crippen LogP contribution in [0.5, 0.6) is 0 Å². The third-order valence-electron chi connectivity index (χ3n) is 10.3. The third kappa shape index (κ3) is 4.09. The molecule has 0 N–H and O–H groups in total. The monoisotopic (exact) mass is 652 g/mol. The van der Waals surface area contributed by atoms with Gasteiger partial charge in [0.1, 0.15) is 5.58 Å². The summed E-state index contributed by atoms with van der Waals surface area (Å²) in [6.45, 7) is 0. The van der Waals surface area contributed by atoms with Gasteiger partial charge in [0.15, 0.2) is 5.58 Å². The first-order valence-corrected chi connectivity index (χ1v) is 17.1. The van der Waals surface area contributed by atoms with Crippen molar-refractivity contribution in [2.24, 2.45) is 0 Å². The molecule has 0 aliphatic carbocycles. The summed E-state index contributed by atoms with van der Waals surface area (Å²) in [6, 6.07) is 51.7. The first-order chi connectivity index (χ1) is 25.3. The Morgan fingerprint density at radius 1 is 0.392 bits per heavy atom. The lowest BCUT2D eigenvalue weighted by Gasteiger charge is -2.08. The first-order valence-electron chi connectivity index (χ1n) is 17.1. The van der Waals surface area contributed by atoms with Crippen LogP contribution in [0.25, 0.3) is 99.2 Å². The molecule has 5 aromatic heterocycles. The van der Waals surface area contributed by atoms with Crippen molar-refractivity contribution < 1.29 is 4.42 Å². The number of furan rings is 1. The van der Waals surface area contributed by atoms with E-state index in [0.717, 1.165) is 66.6 Å². The van der Waals surface area contributed by atoms with Gasteiger partial charge in [0, 0.05) is 73.4 Å². The van der Waals surface area contributed by atoms with Gasteiger partial charge in [-0.1, -0.05) is 84.9 Å². The lowest BCUT2D eigenvalue weighted by molar-refractivity contribution is 0.667. The topological polar surface area (TPSA) is 48.8 Å². The van der Waals surface area contributed by atoms with Gasteiger partial charge in [-0.3, -0.25) is 9.97 Å². The molecule has 238 valence electrons. The molecule has 11 aromatic rings. The largest absolute Gasteiger partial charge is 0.454 e. The zero-order valence-corrected chi connectivity index (χ0v) is 27.4. The fraction of sp³-hybridized carbons (Fsp3) is 0. The molecule has 5 heteroatoms. The lowest BCUT2D eigenvalue weighted by Crippen LogP contribution is -1.93. The molecule has 0 aliphatic heterocycles. The van der Waals surface area contributed by atoms with Crippen molar-refractivity contribution in [2.45, 2.75) is 0 Å². The number of aromatic nitrogens is 4. The quantitative estimate of drug-likeness (QED) is 0.190. The minimum atomic E-state index is 0.741. The van der Waals surface area contributed by atoms with Crippen LogP contribution in [0.2, 0.25) is 0 Å². The summed E-state index contributed by atoms with van der Waals surface area (Å²) in [7, 11) is 0.